The third kappa shape index (κ3) is 3.29. The molecule has 1 rings (SSSR count). The molecule has 0 aliphatic heterocycles. The molecule has 0 bridgehead atoms. The van der Waals surface area contributed by atoms with Crippen molar-refractivity contribution < 1.29 is 20.1 Å². The topological polar surface area (TPSA) is 104 Å². The van der Waals surface area contributed by atoms with E-state index in [4.69, 9.17) is 15.9 Å². The van der Waals surface area contributed by atoms with Gasteiger partial charge in [-0.1, -0.05) is 6.07 Å². The van der Waals surface area contributed by atoms with Crippen molar-refractivity contribution in [1.29, 1.82) is 0 Å². The summed E-state index contributed by atoms with van der Waals surface area (Å²) in [6, 6.07) is 4.11. The summed E-state index contributed by atoms with van der Waals surface area (Å²) in [5.41, 5.74) is 4.70. The summed E-state index contributed by atoms with van der Waals surface area (Å²) in [6.07, 6.45) is 0.0795. The molecule has 16 heavy (non-hydrogen) atoms. The highest BCUT2D eigenvalue weighted by molar-refractivity contribution is 5.85. The first kappa shape index (κ1) is 14.5. The number of aliphatic carboxylic acids is 1. The minimum absolute atomic E-state index is 0. The minimum atomic E-state index is -1.39. The molecule has 0 aromatic heterocycles. The summed E-state index contributed by atoms with van der Waals surface area (Å²) in [5.74, 6) is -1.64. The van der Waals surface area contributed by atoms with Gasteiger partial charge in [-0.15, -0.1) is 12.4 Å². The van der Waals surface area contributed by atoms with Crippen molar-refractivity contribution in [2.24, 2.45) is 5.73 Å². The van der Waals surface area contributed by atoms with E-state index in [0.717, 1.165) is 0 Å². The van der Waals surface area contributed by atoms with E-state index in [-0.39, 0.29) is 30.3 Å². The summed E-state index contributed by atoms with van der Waals surface area (Å²) in [5, 5.41) is 27.0. The molecule has 1 unspecified atom stereocenters. The lowest BCUT2D eigenvalue weighted by molar-refractivity contribution is -0.142. The van der Waals surface area contributed by atoms with Gasteiger partial charge in [-0.25, -0.2) is 0 Å². The van der Waals surface area contributed by atoms with E-state index in [2.05, 4.69) is 0 Å². The van der Waals surface area contributed by atoms with Crippen LogP contribution in [0.2, 0.25) is 0 Å². The maximum Gasteiger partial charge on any atom is 0.323 e. The highest BCUT2D eigenvalue weighted by atomic mass is 35.5. The summed E-state index contributed by atoms with van der Waals surface area (Å²) in [7, 11) is 0. The number of carbonyl (C=O) groups is 1. The van der Waals surface area contributed by atoms with Crippen LogP contribution in [0, 0.1) is 0 Å². The standard InChI is InChI=1S/C10H13NO4.ClH/c1-10(11,9(14)15)5-6-2-3-7(12)8(13)4-6;/h2-4,12-13H,5,11H2,1H3,(H,14,15);1H. The second kappa shape index (κ2) is 5.05. The quantitative estimate of drug-likeness (QED) is 0.593. The van der Waals surface area contributed by atoms with E-state index in [0.29, 0.717) is 5.56 Å². The molecule has 1 atom stereocenters. The largest absolute Gasteiger partial charge is 0.504 e. The van der Waals surface area contributed by atoms with E-state index in [1.165, 1.54) is 25.1 Å². The third-order valence-corrected chi connectivity index (χ3v) is 2.10. The normalized spacial score (nSPS) is 13.6. The Bertz CT molecular complexity index is 392. The van der Waals surface area contributed by atoms with Crippen LogP contribution < -0.4 is 5.73 Å². The number of phenolic OH excluding ortho intramolecular Hbond substituents is 2. The minimum Gasteiger partial charge on any atom is -0.504 e. The van der Waals surface area contributed by atoms with E-state index in [1.54, 1.807) is 0 Å². The summed E-state index contributed by atoms with van der Waals surface area (Å²) in [4.78, 5) is 10.7. The third-order valence-electron chi connectivity index (χ3n) is 2.10. The average molecular weight is 248 g/mol. The van der Waals surface area contributed by atoms with Crippen molar-refractivity contribution in [1.82, 2.24) is 0 Å². The number of rotatable bonds is 3. The molecule has 0 aliphatic carbocycles. The van der Waals surface area contributed by atoms with Crippen LogP contribution in [0.15, 0.2) is 18.2 Å². The van der Waals surface area contributed by atoms with Crippen molar-refractivity contribution >= 4 is 18.4 Å². The molecule has 0 heterocycles. The highest BCUT2D eigenvalue weighted by Gasteiger charge is 2.28. The number of benzene rings is 1. The zero-order valence-corrected chi connectivity index (χ0v) is 9.49. The Balaban J connectivity index is 0.00000225. The Kier molecular flexibility index (Phi) is 4.59. The zero-order chi connectivity index (χ0) is 11.6. The number of nitrogens with two attached hydrogens (primary N) is 1. The molecule has 0 radical (unpaired) electrons. The summed E-state index contributed by atoms with van der Waals surface area (Å²) in [6.45, 7) is 1.39. The fraction of sp³-hybridized carbons (Fsp3) is 0.300. The number of phenols is 2. The van der Waals surface area contributed by atoms with Gasteiger partial charge >= 0.3 is 5.97 Å². The van der Waals surface area contributed by atoms with Crippen LogP contribution in [0.3, 0.4) is 0 Å². The number of carboxylic acid groups (broad SMARTS) is 1. The van der Waals surface area contributed by atoms with Crippen LogP contribution in [0.4, 0.5) is 0 Å². The number of carboxylic acids is 1. The number of hydrogen-bond acceptors (Lipinski definition) is 4. The molecular formula is C10H14ClNO4. The van der Waals surface area contributed by atoms with Gasteiger partial charge in [0.25, 0.3) is 0 Å². The van der Waals surface area contributed by atoms with Crippen molar-refractivity contribution in [3.8, 4) is 11.5 Å². The number of hydrogen-bond donors (Lipinski definition) is 4. The SMILES string of the molecule is CC(N)(Cc1ccc(O)c(O)c1)C(=O)O.Cl. The lowest BCUT2D eigenvalue weighted by Crippen LogP contribution is -2.46. The van der Waals surface area contributed by atoms with E-state index < -0.39 is 11.5 Å². The molecule has 1 aromatic carbocycles. The summed E-state index contributed by atoms with van der Waals surface area (Å²) < 4.78 is 0. The zero-order valence-electron chi connectivity index (χ0n) is 8.67. The maximum atomic E-state index is 10.7. The van der Waals surface area contributed by atoms with Gasteiger partial charge in [0.1, 0.15) is 5.54 Å². The first-order chi connectivity index (χ1) is 6.83. The number of aromatic hydroxyl groups is 2. The lowest BCUT2D eigenvalue weighted by Gasteiger charge is -2.19. The van der Waals surface area contributed by atoms with Crippen LogP contribution in [-0.2, 0) is 11.2 Å². The number of halogens is 1. The Labute approximate surface area is 98.9 Å². The molecule has 1 aromatic rings. The molecule has 90 valence electrons. The fourth-order valence-electron chi connectivity index (χ4n) is 1.18. The van der Waals surface area contributed by atoms with Crippen molar-refractivity contribution in [2.45, 2.75) is 18.9 Å². The van der Waals surface area contributed by atoms with Gasteiger partial charge in [0.2, 0.25) is 0 Å². The Morgan fingerprint density at radius 3 is 2.38 bits per heavy atom. The van der Waals surface area contributed by atoms with Gasteiger partial charge in [0.05, 0.1) is 0 Å². The monoisotopic (exact) mass is 247 g/mol. The molecule has 0 spiro atoms. The van der Waals surface area contributed by atoms with E-state index in [1.807, 2.05) is 0 Å². The first-order valence-electron chi connectivity index (χ1n) is 4.36. The van der Waals surface area contributed by atoms with E-state index in [9.17, 15) is 9.90 Å². The Morgan fingerprint density at radius 2 is 1.94 bits per heavy atom. The smallest absolute Gasteiger partial charge is 0.323 e. The van der Waals surface area contributed by atoms with Crippen LogP contribution in [-0.4, -0.2) is 26.8 Å². The molecular weight excluding hydrogens is 234 g/mol. The molecule has 0 amide bonds. The second-order valence-corrected chi connectivity index (χ2v) is 3.72. The van der Waals surface area contributed by atoms with Crippen molar-refractivity contribution in [3.63, 3.8) is 0 Å². The summed E-state index contributed by atoms with van der Waals surface area (Å²) >= 11 is 0. The predicted octanol–water partition coefficient (Wildman–Crippen LogP) is 0.864. The van der Waals surface area contributed by atoms with E-state index >= 15 is 0 Å². The maximum absolute atomic E-state index is 10.7. The molecule has 0 aliphatic rings. The van der Waals surface area contributed by atoms with Gasteiger partial charge in [0, 0.05) is 6.42 Å². The van der Waals surface area contributed by atoms with Gasteiger partial charge < -0.3 is 21.1 Å². The Morgan fingerprint density at radius 1 is 1.38 bits per heavy atom. The van der Waals surface area contributed by atoms with Gasteiger partial charge in [-0.2, -0.15) is 0 Å². The van der Waals surface area contributed by atoms with Gasteiger partial charge in [-0.3, -0.25) is 4.79 Å². The van der Waals surface area contributed by atoms with Crippen molar-refractivity contribution in [2.75, 3.05) is 0 Å². The van der Waals surface area contributed by atoms with Crippen LogP contribution in [0.5, 0.6) is 11.5 Å². The second-order valence-electron chi connectivity index (χ2n) is 3.72. The van der Waals surface area contributed by atoms with Gasteiger partial charge in [0.15, 0.2) is 11.5 Å². The highest BCUT2D eigenvalue weighted by Crippen LogP contribution is 2.26. The van der Waals surface area contributed by atoms with Crippen molar-refractivity contribution in [3.05, 3.63) is 23.8 Å². The first-order valence-corrected chi connectivity index (χ1v) is 4.36. The molecule has 5 nitrogen and oxygen atoms in total. The van der Waals surface area contributed by atoms with Crippen LogP contribution >= 0.6 is 12.4 Å². The molecule has 6 heteroatoms. The molecule has 0 saturated carbocycles. The average Bonchev–Trinajstić information content (AvgIpc) is 2.10. The van der Waals surface area contributed by atoms with Gasteiger partial charge in [-0.05, 0) is 24.6 Å². The van der Waals surface area contributed by atoms with Crippen LogP contribution in [0.1, 0.15) is 12.5 Å². The molecule has 0 fully saturated rings. The fourth-order valence-corrected chi connectivity index (χ4v) is 1.18. The predicted molar refractivity (Wildman–Crippen MR) is 61.0 cm³/mol. The molecule has 5 N–H and O–H groups in total. The lowest BCUT2D eigenvalue weighted by atomic mass is 9.94. The van der Waals surface area contributed by atoms with Crippen LogP contribution in [0.25, 0.3) is 0 Å². The Hall–Kier alpha value is -1.46. The molecule has 0 saturated heterocycles.